The van der Waals surface area contributed by atoms with Gasteiger partial charge in [-0.15, -0.1) is 11.3 Å². The summed E-state index contributed by atoms with van der Waals surface area (Å²) in [5.41, 5.74) is -0.440. The van der Waals surface area contributed by atoms with Crippen molar-refractivity contribution < 1.29 is 9.90 Å². The highest BCUT2D eigenvalue weighted by Crippen LogP contribution is 2.46. The molecule has 0 radical (unpaired) electrons. The Morgan fingerprint density at radius 3 is 3.00 bits per heavy atom. The normalized spacial score (nSPS) is 28.4. The first kappa shape index (κ1) is 12.6. The zero-order valence-corrected chi connectivity index (χ0v) is 11.1. The van der Waals surface area contributed by atoms with Crippen molar-refractivity contribution >= 4 is 17.3 Å². The fourth-order valence-corrected chi connectivity index (χ4v) is 3.64. The molecular formula is C14H20O2S. The Balaban J connectivity index is 2.01. The molecule has 1 heterocycles. The van der Waals surface area contributed by atoms with E-state index in [1.165, 1.54) is 4.88 Å². The van der Waals surface area contributed by atoms with Crippen molar-refractivity contribution in [2.75, 3.05) is 0 Å². The fourth-order valence-electron chi connectivity index (χ4n) is 2.93. The van der Waals surface area contributed by atoms with Crippen molar-refractivity contribution in [3.63, 3.8) is 0 Å². The Labute approximate surface area is 107 Å². The van der Waals surface area contributed by atoms with Gasteiger partial charge in [-0.05, 0) is 49.5 Å². The van der Waals surface area contributed by atoms with Gasteiger partial charge in [0, 0.05) is 4.88 Å². The van der Waals surface area contributed by atoms with Gasteiger partial charge in [0.25, 0.3) is 0 Å². The average molecular weight is 252 g/mol. The highest BCUT2D eigenvalue weighted by Gasteiger charge is 2.44. The molecule has 1 aromatic rings. The maximum absolute atomic E-state index is 11.5. The lowest BCUT2D eigenvalue weighted by molar-refractivity contribution is -0.149. The lowest BCUT2D eigenvalue weighted by Crippen LogP contribution is -2.28. The first-order valence-corrected chi connectivity index (χ1v) is 7.30. The molecular weight excluding hydrogens is 232 g/mol. The third-order valence-corrected chi connectivity index (χ3v) is 5.11. The van der Waals surface area contributed by atoms with E-state index in [-0.39, 0.29) is 0 Å². The van der Waals surface area contributed by atoms with E-state index in [4.69, 9.17) is 0 Å². The summed E-state index contributed by atoms with van der Waals surface area (Å²) < 4.78 is 0. The zero-order chi connectivity index (χ0) is 12.3. The Hall–Kier alpha value is -0.830. The predicted octanol–water partition coefficient (Wildman–Crippen LogP) is 3.96. The summed E-state index contributed by atoms with van der Waals surface area (Å²) in [5, 5.41) is 11.6. The first-order chi connectivity index (χ1) is 8.16. The summed E-state index contributed by atoms with van der Waals surface area (Å²) in [5.74, 6) is 0.0411. The van der Waals surface area contributed by atoms with Gasteiger partial charge < -0.3 is 5.11 Å². The number of carbonyl (C=O) groups is 1. The van der Waals surface area contributed by atoms with Crippen molar-refractivity contribution in [3.05, 3.63) is 22.4 Å². The van der Waals surface area contributed by atoms with Crippen LogP contribution in [0.3, 0.4) is 0 Å². The van der Waals surface area contributed by atoms with Crippen LogP contribution in [0.15, 0.2) is 17.5 Å². The van der Waals surface area contributed by atoms with Crippen molar-refractivity contribution in [1.29, 1.82) is 0 Å². The van der Waals surface area contributed by atoms with Gasteiger partial charge in [-0.2, -0.15) is 0 Å². The van der Waals surface area contributed by atoms with E-state index >= 15 is 0 Å². The lowest BCUT2D eigenvalue weighted by atomic mass is 9.80. The van der Waals surface area contributed by atoms with E-state index in [0.29, 0.717) is 5.92 Å². The van der Waals surface area contributed by atoms with Crippen LogP contribution in [0.1, 0.15) is 43.9 Å². The van der Waals surface area contributed by atoms with Crippen molar-refractivity contribution in [2.45, 2.75) is 45.4 Å². The Bertz CT molecular complexity index is 372. The van der Waals surface area contributed by atoms with E-state index in [1.807, 2.05) is 6.07 Å². The third kappa shape index (κ3) is 2.71. The molecule has 1 aromatic heterocycles. The van der Waals surface area contributed by atoms with Crippen LogP contribution in [-0.4, -0.2) is 11.1 Å². The molecule has 1 saturated carbocycles. The van der Waals surface area contributed by atoms with Crippen LogP contribution in [0.5, 0.6) is 0 Å². The topological polar surface area (TPSA) is 37.3 Å². The summed E-state index contributed by atoms with van der Waals surface area (Å²) >= 11 is 1.73. The van der Waals surface area contributed by atoms with Gasteiger partial charge in [-0.3, -0.25) is 4.79 Å². The molecule has 2 nitrogen and oxygen atoms in total. The van der Waals surface area contributed by atoms with Gasteiger partial charge in [0.15, 0.2) is 0 Å². The number of thiophene rings is 1. The molecule has 0 spiro atoms. The van der Waals surface area contributed by atoms with Crippen LogP contribution in [-0.2, 0) is 11.2 Å². The van der Waals surface area contributed by atoms with Gasteiger partial charge >= 0.3 is 5.97 Å². The number of carboxylic acids is 1. The second kappa shape index (κ2) is 5.21. The van der Waals surface area contributed by atoms with Gasteiger partial charge in [-0.1, -0.05) is 19.4 Å². The first-order valence-electron chi connectivity index (χ1n) is 6.42. The largest absolute Gasteiger partial charge is 0.481 e. The SMILES string of the molecule is CCC1CCC(CCc2cccs2)(C(=O)O)C1. The molecule has 94 valence electrons. The minimum absolute atomic E-state index is 0.440. The summed E-state index contributed by atoms with van der Waals surface area (Å²) in [6.07, 6.45) is 5.68. The Morgan fingerprint density at radius 2 is 2.47 bits per heavy atom. The molecule has 2 rings (SSSR count). The van der Waals surface area contributed by atoms with Crippen LogP contribution in [0.4, 0.5) is 0 Å². The van der Waals surface area contributed by atoms with Crippen molar-refractivity contribution in [3.8, 4) is 0 Å². The number of carboxylic acid groups (broad SMARTS) is 1. The molecule has 2 unspecified atom stereocenters. The molecule has 0 saturated heterocycles. The molecule has 0 aliphatic heterocycles. The minimum Gasteiger partial charge on any atom is -0.481 e. The lowest BCUT2D eigenvalue weighted by Gasteiger charge is -2.24. The highest BCUT2D eigenvalue weighted by molar-refractivity contribution is 7.09. The zero-order valence-electron chi connectivity index (χ0n) is 10.3. The predicted molar refractivity (Wildman–Crippen MR) is 70.3 cm³/mol. The maximum Gasteiger partial charge on any atom is 0.309 e. The van der Waals surface area contributed by atoms with Gasteiger partial charge in [0.1, 0.15) is 0 Å². The van der Waals surface area contributed by atoms with Crippen LogP contribution in [0, 0.1) is 11.3 Å². The number of hydrogen-bond donors (Lipinski definition) is 1. The Kier molecular flexibility index (Phi) is 3.87. The van der Waals surface area contributed by atoms with E-state index in [9.17, 15) is 9.90 Å². The molecule has 1 aliphatic rings. The van der Waals surface area contributed by atoms with Gasteiger partial charge in [0.2, 0.25) is 0 Å². The number of aryl methyl sites for hydroxylation is 1. The summed E-state index contributed by atoms with van der Waals surface area (Å²) in [7, 11) is 0. The number of hydrogen-bond acceptors (Lipinski definition) is 2. The molecule has 2 atom stereocenters. The summed E-state index contributed by atoms with van der Waals surface area (Å²) in [6, 6.07) is 4.14. The molecule has 0 aromatic carbocycles. The number of rotatable bonds is 5. The van der Waals surface area contributed by atoms with Crippen LogP contribution in [0.25, 0.3) is 0 Å². The molecule has 1 aliphatic carbocycles. The van der Waals surface area contributed by atoms with Crippen LogP contribution >= 0.6 is 11.3 Å². The smallest absolute Gasteiger partial charge is 0.309 e. The molecule has 0 amide bonds. The second-order valence-corrected chi connectivity index (χ2v) is 6.21. The Morgan fingerprint density at radius 1 is 1.65 bits per heavy atom. The second-order valence-electron chi connectivity index (χ2n) is 5.18. The standard InChI is InChI=1S/C14H20O2S/c1-2-11-5-7-14(10-11,13(15)16)8-6-12-4-3-9-17-12/h3-4,9,11H,2,5-8,10H2,1H3,(H,15,16). The van der Waals surface area contributed by atoms with Crippen molar-refractivity contribution in [2.24, 2.45) is 11.3 Å². The summed E-state index contributed by atoms with van der Waals surface area (Å²) in [4.78, 5) is 12.9. The van der Waals surface area contributed by atoms with Crippen LogP contribution < -0.4 is 0 Å². The van der Waals surface area contributed by atoms with Gasteiger partial charge in [-0.25, -0.2) is 0 Å². The third-order valence-electron chi connectivity index (χ3n) is 4.17. The van der Waals surface area contributed by atoms with E-state index in [1.54, 1.807) is 11.3 Å². The van der Waals surface area contributed by atoms with E-state index < -0.39 is 11.4 Å². The molecule has 0 bridgehead atoms. The number of aliphatic carboxylic acids is 1. The quantitative estimate of drug-likeness (QED) is 0.861. The molecule has 1 fully saturated rings. The monoisotopic (exact) mass is 252 g/mol. The van der Waals surface area contributed by atoms with E-state index in [0.717, 1.165) is 38.5 Å². The molecule has 1 N–H and O–H groups in total. The van der Waals surface area contributed by atoms with Gasteiger partial charge in [0.05, 0.1) is 5.41 Å². The van der Waals surface area contributed by atoms with E-state index in [2.05, 4.69) is 18.4 Å². The van der Waals surface area contributed by atoms with Crippen molar-refractivity contribution in [1.82, 2.24) is 0 Å². The maximum atomic E-state index is 11.5. The van der Waals surface area contributed by atoms with Crippen LogP contribution in [0.2, 0.25) is 0 Å². The minimum atomic E-state index is -0.579. The fraction of sp³-hybridized carbons (Fsp3) is 0.643. The molecule has 17 heavy (non-hydrogen) atoms. The highest BCUT2D eigenvalue weighted by atomic mass is 32.1. The average Bonchev–Trinajstić information content (AvgIpc) is 2.96. The summed E-state index contributed by atoms with van der Waals surface area (Å²) in [6.45, 7) is 2.17. The molecule has 3 heteroatoms.